The molecular weight excluding hydrogens is 538 g/mol. The van der Waals surface area contributed by atoms with E-state index in [9.17, 15) is 5.11 Å². The second kappa shape index (κ2) is 10.8. The molecule has 4 heterocycles. The zero-order valence-electron chi connectivity index (χ0n) is 23.0. The van der Waals surface area contributed by atoms with Gasteiger partial charge in [-0.3, -0.25) is 4.98 Å². The van der Waals surface area contributed by atoms with Gasteiger partial charge in [-0.1, -0.05) is 24.6 Å². The van der Waals surface area contributed by atoms with Crippen molar-refractivity contribution in [3.05, 3.63) is 101 Å². The van der Waals surface area contributed by atoms with Crippen molar-refractivity contribution in [1.82, 2.24) is 14.9 Å². The van der Waals surface area contributed by atoms with Gasteiger partial charge in [-0.2, -0.15) is 0 Å². The van der Waals surface area contributed by atoms with Gasteiger partial charge in [-0.15, -0.1) is 0 Å². The van der Waals surface area contributed by atoms with Gasteiger partial charge in [0, 0.05) is 42.0 Å². The number of hydrogen-bond donors (Lipinski definition) is 2. The van der Waals surface area contributed by atoms with Crippen LogP contribution in [0.5, 0.6) is 5.75 Å². The Morgan fingerprint density at radius 3 is 2.38 bits per heavy atom. The highest BCUT2D eigenvalue weighted by Gasteiger charge is 2.42. The number of aryl methyl sites for hydroxylation is 1. The minimum atomic E-state index is -0.149. The molecule has 2 aromatic heterocycles. The Morgan fingerprint density at radius 1 is 0.975 bits per heavy atom. The summed E-state index contributed by atoms with van der Waals surface area (Å²) in [5.74, 6) is 1.00. The first kappa shape index (κ1) is 26.7. The Morgan fingerprint density at radius 2 is 1.70 bits per heavy atom. The second-order valence-electron chi connectivity index (χ2n) is 11.0. The Labute approximate surface area is 246 Å². The fraction of sp³-hybridized carbons (Fsp3) is 0.312. The highest BCUT2D eigenvalue weighted by atomic mass is 35.5. The summed E-state index contributed by atoms with van der Waals surface area (Å²) in [5, 5.41) is 14.8. The van der Waals surface area contributed by atoms with Gasteiger partial charge in [0.15, 0.2) is 5.11 Å². The molecule has 4 aromatic rings. The molecule has 2 aromatic carbocycles. The zero-order chi connectivity index (χ0) is 28.0. The highest BCUT2D eigenvalue weighted by molar-refractivity contribution is 7.80. The molecule has 0 unspecified atom stereocenters. The Balaban J connectivity index is 1.43. The number of pyridine rings is 1. The molecule has 2 N–H and O–H groups in total. The molecular formula is C32H34ClN5OS. The molecule has 0 bridgehead atoms. The van der Waals surface area contributed by atoms with Crippen molar-refractivity contribution in [2.75, 3.05) is 22.9 Å². The molecule has 206 valence electrons. The third kappa shape index (κ3) is 4.82. The van der Waals surface area contributed by atoms with E-state index in [0.717, 1.165) is 63.7 Å². The number of thiocarbonyl (C=S) groups is 1. The van der Waals surface area contributed by atoms with Crippen molar-refractivity contribution in [3.63, 3.8) is 0 Å². The largest absolute Gasteiger partial charge is 0.508 e. The van der Waals surface area contributed by atoms with Crippen LogP contribution in [0.1, 0.15) is 54.5 Å². The molecule has 0 amide bonds. The van der Waals surface area contributed by atoms with Crippen LogP contribution >= 0.6 is 23.8 Å². The standard InChI is InChI=1S/C32H34ClN5OS/c1-20-13-16-36(17-14-20)29-12-9-24(19-27(29)33)38-31(30(35-32(38)40)28-6-4-5-15-34-28)26-18-21(2)37(22(26)3)23-7-10-25(39)11-8-23/h4-12,15,18-20,30-31,39H,13-14,16-17H2,1-3H3,(H,35,40)/t30-,31+/m0/s1. The molecule has 2 atom stereocenters. The first-order valence-corrected chi connectivity index (χ1v) is 14.6. The van der Waals surface area contributed by atoms with E-state index in [2.05, 4.69) is 64.7 Å². The maximum Gasteiger partial charge on any atom is 0.174 e. The van der Waals surface area contributed by atoms with E-state index in [0.29, 0.717) is 5.11 Å². The van der Waals surface area contributed by atoms with Crippen LogP contribution in [0.25, 0.3) is 5.69 Å². The molecule has 2 fully saturated rings. The smallest absolute Gasteiger partial charge is 0.174 e. The normalized spacial score (nSPS) is 19.8. The molecule has 2 saturated heterocycles. The van der Waals surface area contributed by atoms with Crippen molar-refractivity contribution in [2.45, 2.75) is 45.7 Å². The van der Waals surface area contributed by atoms with E-state index >= 15 is 0 Å². The van der Waals surface area contributed by atoms with Gasteiger partial charge in [-0.05, 0) is 111 Å². The van der Waals surface area contributed by atoms with Crippen LogP contribution in [0.15, 0.2) is 72.9 Å². The van der Waals surface area contributed by atoms with Gasteiger partial charge in [0.1, 0.15) is 5.75 Å². The van der Waals surface area contributed by atoms with Crippen LogP contribution in [0.4, 0.5) is 11.4 Å². The molecule has 40 heavy (non-hydrogen) atoms. The van der Waals surface area contributed by atoms with Gasteiger partial charge in [0.2, 0.25) is 0 Å². The van der Waals surface area contributed by atoms with E-state index in [1.54, 1.807) is 12.1 Å². The maximum atomic E-state index is 9.85. The minimum absolute atomic E-state index is 0.141. The summed E-state index contributed by atoms with van der Waals surface area (Å²) in [6, 6.07) is 21.6. The monoisotopic (exact) mass is 571 g/mol. The van der Waals surface area contributed by atoms with E-state index < -0.39 is 0 Å². The Kier molecular flexibility index (Phi) is 7.19. The summed E-state index contributed by atoms with van der Waals surface area (Å²) in [4.78, 5) is 9.29. The first-order valence-electron chi connectivity index (χ1n) is 13.8. The number of benzene rings is 2. The van der Waals surface area contributed by atoms with Gasteiger partial charge >= 0.3 is 0 Å². The summed E-state index contributed by atoms with van der Waals surface area (Å²) in [6.07, 6.45) is 4.19. The average Bonchev–Trinajstić information content (AvgIpc) is 3.45. The number of aromatic hydroxyl groups is 1. The molecule has 6 rings (SSSR count). The minimum Gasteiger partial charge on any atom is -0.508 e. The number of hydrogen-bond acceptors (Lipinski definition) is 4. The van der Waals surface area contributed by atoms with Crippen molar-refractivity contribution >= 4 is 40.3 Å². The molecule has 0 saturated carbocycles. The summed E-state index contributed by atoms with van der Waals surface area (Å²) >= 11 is 12.9. The summed E-state index contributed by atoms with van der Waals surface area (Å²) in [6.45, 7) is 8.61. The Hall–Kier alpha value is -3.55. The van der Waals surface area contributed by atoms with Crippen LogP contribution in [-0.4, -0.2) is 32.9 Å². The predicted octanol–water partition coefficient (Wildman–Crippen LogP) is 7.26. The quantitative estimate of drug-likeness (QED) is 0.246. The number of rotatable bonds is 5. The summed E-state index contributed by atoms with van der Waals surface area (Å²) < 4.78 is 2.22. The molecule has 8 heteroatoms. The molecule has 0 aliphatic carbocycles. The van der Waals surface area contributed by atoms with E-state index in [4.69, 9.17) is 28.8 Å². The highest BCUT2D eigenvalue weighted by Crippen LogP contribution is 2.45. The van der Waals surface area contributed by atoms with Crippen LogP contribution in [0, 0.1) is 19.8 Å². The van der Waals surface area contributed by atoms with E-state index in [-0.39, 0.29) is 17.8 Å². The number of nitrogens with zero attached hydrogens (tertiary/aromatic N) is 4. The van der Waals surface area contributed by atoms with Crippen molar-refractivity contribution in [3.8, 4) is 11.4 Å². The van der Waals surface area contributed by atoms with Gasteiger partial charge < -0.3 is 24.8 Å². The number of nitrogens with one attached hydrogen (secondary N) is 1. The second-order valence-corrected chi connectivity index (χ2v) is 11.8. The lowest BCUT2D eigenvalue weighted by Gasteiger charge is -2.33. The number of anilines is 2. The van der Waals surface area contributed by atoms with Crippen molar-refractivity contribution < 1.29 is 5.11 Å². The fourth-order valence-electron chi connectivity index (χ4n) is 6.19. The van der Waals surface area contributed by atoms with Gasteiger partial charge in [0.25, 0.3) is 0 Å². The predicted molar refractivity (Wildman–Crippen MR) is 167 cm³/mol. The molecule has 0 radical (unpaired) electrons. The number of piperidine rings is 1. The summed E-state index contributed by atoms with van der Waals surface area (Å²) in [7, 11) is 0. The van der Waals surface area contributed by atoms with Crippen LogP contribution < -0.4 is 15.1 Å². The lowest BCUT2D eigenvalue weighted by molar-refractivity contribution is 0.438. The maximum absolute atomic E-state index is 9.85. The van der Waals surface area contributed by atoms with E-state index in [1.165, 1.54) is 12.8 Å². The Bertz CT molecular complexity index is 1530. The number of phenols is 1. The zero-order valence-corrected chi connectivity index (χ0v) is 24.6. The SMILES string of the molecule is Cc1cc([C@@H]2[C@H](c3ccccn3)NC(=S)N2c2ccc(N3CCC(C)CC3)c(Cl)c2)c(C)n1-c1ccc(O)cc1. The third-order valence-electron chi connectivity index (χ3n) is 8.33. The van der Waals surface area contributed by atoms with Crippen molar-refractivity contribution in [1.29, 1.82) is 0 Å². The van der Waals surface area contributed by atoms with Crippen LogP contribution in [0.2, 0.25) is 5.02 Å². The third-order valence-corrected chi connectivity index (χ3v) is 8.95. The number of halogens is 1. The molecule has 0 spiro atoms. The van der Waals surface area contributed by atoms with Gasteiger partial charge in [0.05, 0.1) is 28.5 Å². The fourth-order valence-corrected chi connectivity index (χ4v) is 6.83. The van der Waals surface area contributed by atoms with E-state index in [1.807, 2.05) is 36.5 Å². The average molecular weight is 572 g/mol. The van der Waals surface area contributed by atoms with Crippen molar-refractivity contribution in [2.24, 2.45) is 5.92 Å². The molecule has 2 aliphatic rings. The lowest BCUT2D eigenvalue weighted by atomic mass is 9.96. The number of phenolic OH excluding ortho intramolecular Hbond substituents is 1. The first-order chi connectivity index (χ1) is 19.3. The topological polar surface area (TPSA) is 56.6 Å². The lowest BCUT2D eigenvalue weighted by Crippen LogP contribution is -2.33. The van der Waals surface area contributed by atoms with Gasteiger partial charge in [-0.25, -0.2) is 0 Å². The molecule has 6 nitrogen and oxygen atoms in total. The van der Waals surface area contributed by atoms with Crippen LogP contribution in [-0.2, 0) is 0 Å². The number of aromatic nitrogens is 2. The summed E-state index contributed by atoms with van der Waals surface area (Å²) in [5.41, 5.74) is 7.32. The molecule has 2 aliphatic heterocycles. The van der Waals surface area contributed by atoms with Crippen LogP contribution in [0.3, 0.4) is 0 Å².